The lowest BCUT2D eigenvalue weighted by molar-refractivity contribution is 0.257. The summed E-state index contributed by atoms with van der Waals surface area (Å²) in [5.74, 6) is 0. The molecule has 2 heterocycles. The molecule has 15 heavy (non-hydrogen) atoms. The zero-order valence-electron chi connectivity index (χ0n) is 9.44. The number of nitrogens with two attached hydrogens (primary N) is 1. The van der Waals surface area contributed by atoms with Crippen LogP contribution in [0.25, 0.3) is 0 Å². The summed E-state index contributed by atoms with van der Waals surface area (Å²) < 4.78 is 0. The highest BCUT2D eigenvalue weighted by molar-refractivity contribution is 7.09. The van der Waals surface area contributed by atoms with Crippen molar-refractivity contribution in [3.8, 4) is 0 Å². The predicted molar refractivity (Wildman–Crippen MR) is 63.8 cm³/mol. The van der Waals surface area contributed by atoms with Gasteiger partial charge in [-0.1, -0.05) is 0 Å². The summed E-state index contributed by atoms with van der Waals surface area (Å²) in [6, 6.07) is 0.783. The van der Waals surface area contributed by atoms with Gasteiger partial charge in [0.15, 0.2) is 0 Å². The van der Waals surface area contributed by atoms with E-state index in [-0.39, 0.29) is 6.04 Å². The van der Waals surface area contributed by atoms with Gasteiger partial charge in [0, 0.05) is 18.0 Å². The number of likely N-dealkylation sites (tertiary alicyclic amines) is 1. The van der Waals surface area contributed by atoms with E-state index in [1.807, 2.05) is 6.92 Å². The predicted octanol–water partition coefficient (Wildman–Crippen LogP) is 2.15. The van der Waals surface area contributed by atoms with Gasteiger partial charge in [0.2, 0.25) is 0 Å². The molecule has 0 amide bonds. The van der Waals surface area contributed by atoms with Crippen LogP contribution >= 0.6 is 11.3 Å². The van der Waals surface area contributed by atoms with Crippen molar-refractivity contribution in [1.82, 2.24) is 9.88 Å². The second-order valence-corrected chi connectivity index (χ2v) is 5.32. The van der Waals surface area contributed by atoms with E-state index in [4.69, 9.17) is 5.73 Å². The van der Waals surface area contributed by atoms with E-state index in [0.717, 1.165) is 11.6 Å². The minimum absolute atomic E-state index is 0.0692. The van der Waals surface area contributed by atoms with Crippen molar-refractivity contribution in [2.75, 3.05) is 6.54 Å². The van der Waals surface area contributed by atoms with Crippen LogP contribution in [0.15, 0.2) is 5.38 Å². The topological polar surface area (TPSA) is 42.1 Å². The summed E-state index contributed by atoms with van der Waals surface area (Å²) in [5.41, 5.74) is 6.98. The van der Waals surface area contributed by atoms with Gasteiger partial charge in [0.25, 0.3) is 0 Å². The van der Waals surface area contributed by atoms with Gasteiger partial charge in [-0.05, 0) is 33.2 Å². The number of hydrogen-bond acceptors (Lipinski definition) is 4. The molecule has 2 N–H and O–H groups in total. The molecule has 2 atom stereocenters. The van der Waals surface area contributed by atoms with Crippen LogP contribution in [0.2, 0.25) is 0 Å². The Labute approximate surface area is 95.3 Å². The molecule has 1 aliphatic rings. The third kappa shape index (κ3) is 2.56. The average molecular weight is 225 g/mol. The van der Waals surface area contributed by atoms with Gasteiger partial charge in [0.05, 0.1) is 11.7 Å². The summed E-state index contributed by atoms with van der Waals surface area (Å²) >= 11 is 1.68. The van der Waals surface area contributed by atoms with Crippen LogP contribution in [0.3, 0.4) is 0 Å². The van der Waals surface area contributed by atoms with Crippen molar-refractivity contribution in [2.45, 2.75) is 45.3 Å². The molecular weight excluding hydrogens is 206 g/mol. The van der Waals surface area contributed by atoms with Crippen molar-refractivity contribution in [1.29, 1.82) is 0 Å². The van der Waals surface area contributed by atoms with Crippen molar-refractivity contribution >= 4 is 11.3 Å². The van der Waals surface area contributed by atoms with E-state index in [9.17, 15) is 0 Å². The monoisotopic (exact) mass is 225 g/mol. The van der Waals surface area contributed by atoms with Gasteiger partial charge >= 0.3 is 0 Å². The van der Waals surface area contributed by atoms with Crippen LogP contribution in [0, 0.1) is 0 Å². The Kier molecular flexibility index (Phi) is 3.38. The summed E-state index contributed by atoms with van der Waals surface area (Å²) in [4.78, 5) is 7.06. The Hall–Kier alpha value is -0.450. The first-order valence-corrected chi connectivity index (χ1v) is 6.48. The molecule has 0 radical (unpaired) electrons. The van der Waals surface area contributed by atoms with E-state index >= 15 is 0 Å². The Morgan fingerprint density at radius 2 is 2.53 bits per heavy atom. The second-order valence-electron chi connectivity index (χ2n) is 4.43. The smallest absolute Gasteiger partial charge is 0.109 e. The SMILES string of the molecule is CC(N)c1nc(CN2CCCC2C)cs1. The molecule has 2 unspecified atom stereocenters. The largest absolute Gasteiger partial charge is 0.322 e. The summed E-state index contributed by atoms with van der Waals surface area (Å²) in [5, 5.41) is 3.20. The van der Waals surface area contributed by atoms with Crippen LogP contribution in [0.5, 0.6) is 0 Å². The van der Waals surface area contributed by atoms with Gasteiger partial charge < -0.3 is 5.73 Å². The molecule has 1 aromatic heterocycles. The molecule has 0 spiro atoms. The lowest BCUT2D eigenvalue weighted by Gasteiger charge is -2.19. The quantitative estimate of drug-likeness (QED) is 0.857. The molecule has 4 heteroatoms. The zero-order chi connectivity index (χ0) is 10.8. The van der Waals surface area contributed by atoms with E-state index in [0.29, 0.717) is 6.04 Å². The van der Waals surface area contributed by atoms with E-state index in [2.05, 4.69) is 22.2 Å². The van der Waals surface area contributed by atoms with Crippen molar-refractivity contribution < 1.29 is 0 Å². The molecule has 1 saturated heterocycles. The number of hydrogen-bond donors (Lipinski definition) is 1. The maximum atomic E-state index is 5.80. The molecule has 3 nitrogen and oxygen atoms in total. The summed E-state index contributed by atoms with van der Waals surface area (Å²) in [7, 11) is 0. The molecule has 84 valence electrons. The van der Waals surface area contributed by atoms with E-state index in [1.54, 1.807) is 11.3 Å². The number of thiazole rings is 1. The molecule has 1 aromatic rings. The number of aromatic nitrogens is 1. The maximum absolute atomic E-state index is 5.80. The molecule has 1 aliphatic heterocycles. The highest BCUT2D eigenvalue weighted by atomic mass is 32.1. The molecule has 2 rings (SSSR count). The zero-order valence-corrected chi connectivity index (χ0v) is 10.3. The van der Waals surface area contributed by atoms with Crippen LogP contribution in [0.1, 0.15) is 43.4 Å². The Bertz CT molecular complexity index is 321. The second kappa shape index (κ2) is 4.60. The fourth-order valence-electron chi connectivity index (χ4n) is 2.04. The van der Waals surface area contributed by atoms with Gasteiger partial charge in [-0.2, -0.15) is 0 Å². The fraction of sp³-hybridized carbons (Fsp3) is 0.727. The Morgan fingerprint density at radius 1 is 1.73 bits per heavy atom. The standard InChI is InChI=1S/C11H19N3S/c1-8-4-3-5-14(8)6-10-7-15-11(13-10)9(2)12/h7-9H,3-6,12H2,1-2H3. The van der Waals surface area contributed by atoms with Crippen molar-refractivity contribution in [2.24, 2.45) is 5.73 Å². The number of rotatable bonds is 3. The molecule has 0 aliphatic carbocycles. The van der Waals surface area contributed by atoms with Crippen molar-refractivity contribution in [3.63, 3.8) is 0 Å². The first-order valence-electron chi connectivity index (χ1n) is 5.60. The molecule has 0 bridgehead atoms. The minimum atomic E-state index is 0.0692. The van der Waals surface area contributed by atoms with Gasteiger partial charge in [-0.25, -0.2) is 4.98 Å². The van der Waals surface area contributed by atoms with Gasteiger partial charge in [-0.15, -0.1) is 11.3 Å². The van der Waals surface area contributed by atoms with Crippen LogP contribution in [0.4, 0.5) is 0 Å². The first kappa shape index (κ1) is 11.0. The highest BCUT2D eigenvalue weighted by Crippen LogP contribution is 2.21. The van der Waals surface area contributed by atoms with Crippen LogP contribution in [-0.4, -0.2) is 22.5 Å². The molecule has 0 aromatic carbocycles. The summed E-state index contributed by atoms with van der Waals surface area (Å²) in [6.07, 6.45) is 2.65. The summed E-state index contributed by atoms with van der Waals surface area (Å²) in [6.45, 7) is 6.49. The fourth-order valence-corrected chi connectivity index (χ4v) is 2.81. The lowest BCUT2D eigenvalue weighted by atomic mass is 10.2. The normalized spacial score (nSPS) is 24.6. The van der Waals surface area contributed by atoms with E-state index in [1.165, 1.54) is 25.1 Å². The molecule has 1 fully saturated rings. The van der Waals surface area contributed by atoms with E-state index < -0.39 is 0 Å². The van der Waals surface area contributed by atoms with Crippen LogP contribution < -0.4 is 5.73 Å². The van der Waals surface area contributed by atoms with Gasteiger partial charge in [0.1, 0.15) is 5.01 Å². The van der Waals surface area contributed by atoms with Crippen molar-refractivity contribution in [3.05, 3.63) is 16.1 Å². The Balaban J connectivity index is 1.98. The lowest BCUT2D eigenvalue weighted by Crippen LogP contribution is -2.26. The molecular formula is C11H19N3S. The first-order chi connectivity index (χ1) is 7.16. The van der Waals surface area contributed by atoms with Crippen LogP contribution in [-0.2, 0) is 6.54 Å². The number of nitrogens with zero attached hydrogens (tertiary/aromatic N) is 2. The third-order valence-corrected chi connectivity index (χ3v) is 4.11. The maximum Gasteiger partial charge on any atom is 0.109 e. The minimum Gasteiger partial charge on any atom is -0.322 e. The highest BCUT2D eigenvalue weighted by Gasteiger charge is 2.21. The third-order valence-electron chi connectivity index (χ3n) is 3.01. The Morgan fingerprint density at radius 3 is 3.07 bits per heavy atom. The average Bonchev–Trinajstić information content (AvgIpc) is 2.77. The van der Waals surface area contributed by atoms with Gasteiger partial charge in [-0.3, -0.25) is 4.90 Å². The molecule has 0 saturated carbocycles.